The zero-order valence-electron chi connectivity index (χ0n) is 10.2. The second kappa shape index (κ2) is 6.09. The smallest absolute Gasteiger partial charge is 0.507 e. The molecule has 20 heavy (non-hydrogen) atoms. The molecule has 2 aromatic carbocycles. The quantitative estimate of drug-likeness (QED) is 0.838. The molecule has 0 heterocycles. The molecule has 0 aliphatic carbocycles. The summed E-state index contributed by atoms with van der Waals surface area (Å²) in [5.41, 5.74) is 0.943. The Morgan fingerprint density at radius 1 is 1.00 bits per heavy atom. The largest absolute Gasteiger partial charge is 0.573 e. The van der Waals surface area contributed by atoms with Crippen LogP contribution in [-0.4, -0.2) is 11.5 Å². The zero-order chi connectivity index (χ0) is 14.6. The highest BCUT2D eigenvalue weighted by Crippen LogP contribution is 2.40. The number of alkyl halides is 3. The van der Waals surface area contributed by atoms with Gasteiger partial charge in [0.05, 0.1) is 4.90 Å². The van der Waals surface area contributed by atoms with Crippen molar-refractivity contribution in [2.75, 3.05) is 0 Å². The summed E-state index contributed by atoms with van der Waals surface area (Å²) >= 11 is 1.09. The minimum absolute atomic E-state index is 0.0775. The van der Waals surface area contributed by atoms with Crippen LogP contribution < -0.4 is 4.74 Å². The molecule has 2 rings (SSSR count). The monoisotopic (exact) mass is 300 g/mol. The molecule has 0 atom stereocenters. The Morgan fingerprint density at radius 2 is 1.70 bits per heavy atom. The summed E-state index contributed by atoms with van der Waals surface area (Å²) < 4.78 is 40.8. The second-order valence-electron chi connectivity index (χ2n) is 3.93. The van der Waals surface area contributed by atoms with Crippen molar-refractivity contribution < 1.29 is 23.0 Å². The summed E-state index contributed by atoms with van der Waals surface area (Å²) in [6, 6.07) is 13.1. The third kappa shape index (κ3) is 4.09. The van der Waals surface area contributed by atoms with E-state index in [1.54, 1.807) is 0 Å². The van der Waals surface area contributed by atoms with Crippen LogP contribution in [0.1, 0.15) is 5.56 Å². The van der Waals surface area contributed by atoms with Crippen LogP contribution in [0.4, 0.5) is 13.2 Å². The van der Waals surface area contributed by atoms with Crippen molar-refractivity contribution in [3.05, 3.63) is 54.1 Å². The number of phenols is 1. The van der Waals surface area contributed by atoms with E-state index in [1.165, 1.54) is 18.2 Å². The number of aromatic hydroxyl groups is 1. The maximum absolute atomic E-state index is 12.3. The standard InChI is InChI=1S/C14H11F3O2S/c15-14(16,17)19-12-8-4-7-11(18)13(12)20-9-10-5-2-1-3-6-10/h1-8,18H,9H2. The Morgan fingerprint density at radius 3 is 2.35 bits per heavy atom. The van der Waals surface area contributed by atoms with Crippen LogP contribution in [0.3, 0.4) is 0 Å². The summed E-state index contributed by atoms with van der Waals surface area (Å²) in [5.74, 6) is -0.182. The Labute approximate surface area is 118 Å². The minimum atomic E-state index is -4.78. The predicted octanol–water partition coefficient (Wildman–Crippen LogP) is 4.58. The highest BCUT2D eigenvalue weighted by atomic mass is 32.2. The van der Waals surface area contributed by atoms with Crippen LogP contribution in [0.15, 0.2) is 53.4 Å². The number of rotatable bonds is 4. The van der Waals surface area contributed by atoms with Crippen molar-refractivity contribution in [2.45, 2.75) is 17.0 Å². The van der Waals surface area contributed by atoms with Crippen molar-refractivity contribution >= 4 is 11.8 Å². The first-order chi connectivity index (χ1) is 9.46. The lowest BCUT2D eigenvalue weighted by atomic mass is 10.2. The van der Waals surface area contributed by atoms with Crippen LogP contribution in [0.2, 0.25) is 0 Å². The van der Waals surface area contributed by atoms with Crippen LogP contribution in [0.5, 0.6) is 11.5 Å². The first-order valence-corrected chi connectivity index (χ1v) is 6.69. The molecule has 0 saturated carbocycles. The van der Waals surface area contributed by atoms with E-state index in [4.69, 9.17) is 0 Å². The van der Waals surface area contributed by atoms with Crippen molar-refractivity contribution in [1.82, 2.24) is 0 Å². The number of hydrogen-bond donors (Lipinski definition) is 1. The third-order valence-electron chi connectivity index (χ3n) is 2.41. The Balaban J connectivity index is 2.18. The van der Waals surface area contributed by atoms with E-state index in [1.807, 2.05) is 30.3 Å². The molecular formula is C14H11F3O2S. The fraction of sp³-hybridized carbons (Fsp3) is 0.143. The van der Waals surface area contributed by atoms with Gasteiger partial charge in [0.2, 0.25) is 0 Å². The number of phenolic OH excluding ortho intramolecular Hbond substituents is 1. The number of halogens is 3. The molecule has 0 radical (unpaired) electrons. The molecule has 0 spiro atoms. The Bertz CT molecular complexity index is 570. The number of hydrogen-bond acceptors (Lipinski definition) is 3. The van der Waals surface area contributed by atoms with E-state index in [-0.39, 0.29) is 10.6 Å². The fourth-order valence-electron chi connectivity index (χ4n) is 1.58. The van der Waals surface area contributed by atoms with Gasteiger partial charge in [0.25, 0.3) is 0 Å². The van der Waals surface area contributed by atoms with Gasteiger partial charge in [0.1, 0.15) is 11.5 Å². The lowest BCUT2D eigenvalue weighted by Gasteiger charge is -2.13. The van der Waals surface area contributed by atoms with Gasteiger partial charge in [-0.05, 0) is 17.7 Å². The van der Waals surface area contributed by atoms with Crippen molar-refractivity contribution in [3.8, 4) is 11.5 Å². The van der Waals surface area contributed by atoms with Gasteiger partial charge in [0.15, 0.2) is 0 Å². The molecule has 0 amide bonds. The van der Waals surface area contributed by atoms with Crippen molar-refractivity contribution in [3.63, 3.8) is 0 Å². The number of ether oxygens (including phenoxy) is 1. The van der Waals surface area contributed by atoms with Gasteiger partial charge in [-0.15, -0.1) is 24.9 Å². The summed E-state index contributed by atoms with van der Waals surface area (Å²) in [7, 11) is 0. The van der Waals surface area contributed by atoms with Crippen LogP contribution in [-0.2, 0) is 5.75 Å². The molecule has 0 bridgehead atoms. The molecule has 0 unspecified atom stereocenters. The number of benzene rings is 2. The average Bonchev–Trinajstić information content (AvgIpc) is 2.37. The minimum Gasteiger partial charge on any atom is -0.507 e. The summed E-state index contributed by atoms with van der Waals surface area (Å²) in [5, 5.41) is 9.70. The van der Waals surface area contributed by atoms with Crippen LogP contribution in [0.25, 0.3) is 0 Å². The second-order valence-corrected chi connectivity index (χ2v) is 4.91. The maximum Gasteiger partial charge on any atom is 0.573 e. The first kappa shape index (κ1) is 14.6. The molecule has 0 fully saturated rings. The van der Waals surface area contributed by atoms with Crippen molar-refractivity contribution in [1.29, 1.82) is 0 Å². The van der Waals surface area contributed by atoms with Gasteiger partial charge in [-0.1, -0.05) is 36.4 Å². The molecule has 0 aliphatic rings. The molecule has 0 saturated heterocycles. The highest BCUT2D eigenvalue weighted by Gasteiger charge is 2.32. The summed E-state index contributed by atoms with van der Waals surface area (Å²) in [4.78, 5) is 0.0775. The van der Waals surface area contributed by atoms with E-state index in [0.717, 1.165) is 17.3 Å². The Hall–Kier alpha value is -1.82. The van der Waals surface area contributed by atoms with E-state index in [2.05, 4.69) is 4.74 Å². The third-order valence-corrected chi connectivity index (χ3v) is 3.59. The molecule has 6 heteroatoms. The highest BCUT2D eigenvalue weighted by molar-refractivity contribution is 7.98. The molecule has 0 aliphatic heterocycles. The van der Waals surface area contributed by atoms with Gasteiger partial charge in [-0.25, -0.2) is 0 Å². The molecular weight excluding hydrogens is 289 g/mol. The molecule has 0 aromatic heterocycles. The Kier molecular flexibility index (Phi) is 4.44. The zero-order valence-corrected chi connectivity index (χ0v) is 11.0. The normalized spacial score (nSPS) is 11.3. The lowest BCUT2D eigenvalue weighted by molar-refractivity contribution is -0.275. The van der Waals surface area contributed by atoms with E-state index in [9.17, 15) is 18.3 Å². The summed E-state index contributed by atoms with van der Waals surface area (Å²) in [6.07, 6.45) is -4.78. The van der Waals surface area contributed by atoms with E-state index < -0.39 is 12.1 Å². The molecule has 2 nitrogen and oxygen atoms in total. The molecule has 1 N–H and O–H groups in total. The van der Waals surface area contributed by atoms with Gasteiger partial charge >= 0.3 is 6.36 Å². The average molecular weight is 300 g/mol. The maximum atomic E-state index is 12.3. The number of thioether (sulfide) groups is 1. The van der Waals surface area contributed by atoms with Gasteiger partial charge in [-0.3, -0.25) is 0 Å². The summed E-state index contributed by atoms with van der Waals surface area (Å²) in [6.45, 7) is 0. The van der Waals surface area contributed by atoms with E-state index in [0.29, 0.717) is 5.75 Å². The van der Waals surface area contributed by atoms with E-state index >= 15 is 0 Å². The lowest BCUT2D eigenvalue weighted by Crippen LogP contribution is -2.17. The van der Waals surface area contributed by atoms with Gasteiger partial charge in [0, 0.05) is 5.75 Å². The van der Waals surface area contributed by atoms with Crippen LogP contribution >= 0.6 is 11.8 Å². The van der Waals surface area contributed by atoms with Crippen molar-refractivity contribution in [2.24, 2.45) is 0 Å². The van der Waals surface area contributed by atoms with Crippen LogP contribution in [0, 0.1) is 0 Å². The van der Waals surface area contributed by atoms with Gasteiger partial charge < -0.3 is 9.84 Å². The van der Waals surface area contributed by atoms with Gasteiger partial charge in [-0.2, -0.15) is 0 Å². The fourth-order valence-corrected chi connectivity index (χ4v) is 2.56. The topological polar surface area (TPSA) is 29.5 Å². The SMILES string of the molecule is Oc1cccc(OC(F)(F)F)c1SCc1ccccc1. The first-order valence-electron chi connectivity index (χ1n) is 5.70. The predicted molar refractivity (Wildman–Crippen MR) is 70.8 cm³/mol. The molecule has 2 aromatic rings. The molecule has 106 valence electrons.